The summed E-state index contributed by atoms with van der Waals surface area (Å²) in [6, 6.07) is 16.4. The summed E-state index contributed by atoms with van der Waals surface area (Å²) in [5.74, 6) is 0.403. The van der Waals surface area contributed by atoms with Crippen LogP contribution >= 0.6 is 11.8 Å². The Kier molecular flexibility index (Phi) is 7.74. The molecule has 1 N–H and O–H groups in total. The number of hydrogen-bond acceptors (Lipinski definition) is 4. The Bertz CT molecular complexity index is 837. The molecule has 0 bridgehead atoms. The number of hydrogen-bond donors (Lipinski definition) is 1. The van der Waals surface area contributed by atoms with Gasteiger partial charge in [0.15, 0.2) is 0 Å². The quantitative estimate of drug-likeness (QED) is 0.512. The van der Waals surface area contributed by atoms with Crippen LogP contribution in [0, 0.1) is 0 Å². The van der Waals surface area contributed by atoms with E-state index in [4.69, 9.17) is 0 Å². The number of nitrogens with one attached hydrogen (secondary N) is 1. The van der Waals surface area contributed by atoms with E-state index in [0.29, 0.717) is 18.0 Å². The summed E-state index contributed by atoms with van der Waals surface area (Å²) in [6.45, 7) is 4.11. The van der Waals surface area contributed by atoms with Gasteiger partial charge in [0.2, 0.25) is 15.9 Å². The zero-order valence-corrected chi connectivity index (χ0v) is 17.5. The Morgan fingerprint density at radius 1 is 1.11 bits per heavy atom. The lowest BCUT2D eigenvalue weighted by Gasteiger charge is -2.28. The van der Waals surface area contributed by atoms with Gasteiger partial charge in [0.25, 0.3) is 0 Å². The molecule has 0 aliphatic heterocycles. The van der Waals surface area contributed by atoms with Gasteiger partial charge < -0.3 is 5.32 Å². The van der Waals surface area contributed by atoms with Gasteiger partial charge in [-0.25, -0.2) is 8.42 Å². The number of anilines is 1. The van der Waals surface area contributed by atoms with Gasteiger partial charge in [-0.05, 0) is 43.2 Å². The summed E-state index contributed by atoms with van der Waals surface area (Å²) in [6.07, 6.45) is 1.99. The number of nitrogens with zero attached hydrogens (tertiary/aromatic N) is 1. The molecule has 7 heteroatoms. The number of aryl methyl sites for hydroxylation is 1. The Labute approximate surface area is 166 Å². The van der Waals surface area contributed by atoms with Crippen LogP contribution in [0.25, 0.3) is 0 Å². The van der Waals surface area contributed by atoms with E-state index in [-0.39, 0.29) is 5.91 Å². The van der Waals surface area contributed by atoms with Crippen molar-refractivity contribution in [1.82, 2.24) is 5.32 Å². The third kappa shape index (κ3) is 6.29. The number of carbonyl (C=O) groups excluding carboxylic acids is 1. The van der Waals surface area contributed by atoms with Gasteiger partial charge in [-0.1, -0.05) is 37.3 Å². The Balaban J connectivity index is 1.99. The van der Waals surface area contributed by atoms with E-state index in [2.05, 4.69) is 5.32 Å². The fraction of sp³-hybridized carbons (Fsp3) is 0.350. The third-order valence-electron chi connectivity index (χ3n) is 4.10. The van der Waals surface area contributed by atoms with Gasteiger partial charge >= 0.3 is 0 Å². The van der Waals surface area contributed by atoms with Crippen molar-refractivity contribution < 1.29 is 13.2 Å². The molecular weight excluding hydrogens is 380 g/mol. The maximum absolute atomic E-state index is 12.5. The van der Waals surface area contributed by atoms with Crippen molar-refractivity contribution in [2.24, 2.45) is 0 Å². The first kappa shape index (κ1) is 21.3. The second-order valence-electron chi connectivity index (χ2n) is 6.21. The summed E-state index contributed by atoms with van der Waals surface area (Å²) in [5, 5.41) is 2.83. The molecule has 1 amide bonds. The first-order valence-electron chi connectivity index (χ1n) is 8.87. The monoisotopic (exact) mass is 406 g/mol. The van der Waals surface area contributed by atoms with Crippen molar-refractivity contribution in [3.8, 4) is 0 Å². The highest BCUT2D eigenvalue weighted by Gasteiger charge is 2.28. The normalized spacial score (nSPS) is 12.4. The van der Waals surface area contributed by atoms with Gasteiger partial charge in [0.05, 0.1) is 11.9 Å². The summed E-state index contributed by atoms with van der Waals surface area (Å²) in [7, 11) is -3.59. The maximum atomic E-state index is 12.5. The Hall–Kier alpha value is -1.99. The molecular formula is C20H26N2O3S2. The van der Waals surface area contributed by atoms with Gasteiger partial charge in [-0.3, -0.25) is 9.10 Å². The standard InChI is InChI=1S/C20H26N2O3S2/c1-4-17-10-12-18(13-11-17)22(27(3,24)25)16(2)20(23)21-14-15-26-19-8-6-5-7-9-19/h5-13,16H,4,14-15H2,1-3H3,(H,21,23)/t16-/m0/s1. The van der Waals surface area contributed by atoms with Gasteiger partial charge in [0.1, 0.15) is 6.04 Å². The molecule has 146 valence electrons. The van der Waals surface area contributed by atoms with Crippen LogP contribution in [0.3, 0.4) is 0 Å². The Morgan fingerprint density at radius 3 is 2.30 bits per heavy atom. The average Bonchev–Trinajstić information content (AvgIpc) is 2.65. The summed E-state index contributed by atoms with van der Waals surface area (Å²) >= 11 is 1.64. The highest BCUT2D eigenvalue weighted by atomic mass is 32.2. The topological polar surface area (TPSA) is 66.5 Å². The molecule has 0 saturated carbocycles. The molecule has 2 aromatic rings. The van der Waals surface area contributed by atoms with Crippen molar-refractivity contribution in [3.63, 3.8) is 0 Å². The zero-order valence-electron chi connectivity index (χ0n) is 15.9. The van der Waals surface area contributed by atoms with Crippen LogP contribution in [0.15, 0.2) is 59.5 Å². The number of rotatable bonds is 9. The molecule has 2 rings (SSSR count). The van der Waals surface area contributed by atoms with Crippen LogP contribution in [0.4, 0.5) is 5.69 Å². The summed E-state index contributed by atoms with van der Waals surface area (Å²) in [5.41, 5.74) is 1.61. The van der Waals surface area contributed by atoms with E-state index in [1.165, 1.54) is 4.31 Å². The minimum atomic E-state index is -3.59. The molecule has 1 atom stereocenters. The van der Waals surface area contributed by atoms with Crippen LogP contribution in [-0.2, 0) is 21.2 Å². The van der Waals surface area contributed by atoms with Gasteiger partial charge in [0, 0.05) is 17.2 Å². The van der Waals surface area contributed by atoms with Crippen LogP contribution < -0.4 is 9.62 Å². The number of carbonyl (C=O) groups is 1. The summed E-state index contributed by atoms with van der Waals surface area (Å²) in [4.78, 5) is 13.6. The zero-order chi connectivity index (χ0) is 19.9. The van der Waals surface area contributed by atoms with Crippen molar-refractivity contribution in [2.75, 3.05) is 22.9 Å². The Morgan fingerprint density at radius 2 is 1.74 bits per heavy atom. The maximum Gasteiger partial charge on any atom is 0.243 e. The van der Waals surface area contributed by atoms with E-state index >= 15 is 0 Å². The first-order valence-corrected chi connectivity index (χ1v) is 11.7. The minimum Gasteiger partial charge on any atom is -0.353 e. The number of benzene rings is 2. The molecule has 0 aromatic heterocycles. The van der Waals surface area contributed by atoms with Crippen molar-refractivity contribution >= 4 is 33.4 Å². The number of sulfonamides is 1. The number of thioether (sulfide) groups is 1. The van der Waals surface area contributed by atoms with Crippen molar-refractivity contribution in [2.45, 2.75) is 31.2 Å². The third-order valence-corrected chi connectivity index (χ3v) is 6.36. The highest BCUT2D eigenvalue weighted by molar-refractivity contribution is 7.99. The smallest absolute Gasteiger partial charge is 0.243 e. The lowest BCUT2D eigenvalue weighted by molar-refractivity contribution is -0.121. The fourth-order valence-electron chi connectivity index (χ4n) is 2.69. The molecule has 0 heterocycles. The van der Waals surface area contributed by atoms with Gasteiger partial charge in [-0.2, -0.15) is 0 Å². The molecule has 0 aliphatic rings. The van der Waals surface area contributed by atoms with Gasteiger partial charge in [-0.15, -0.1) is 11.8 Å². The highest BCUT2D eigenvalue weighted by Crippen LogP contribution is 2.22. The summed E-state index contributed by atoms with van der Waals surface area (Å²) < 4.78 is 25.8. The fourth-order valence-corrected chi connectivity index (χ4v) is 4.66. The SMILES string of the molecule is CCc1ccc(N([C@@H](C)C(=O)NCCSc2ccccc2)S(C)(=O)=O)cc1. The molecule has 0 aliphatic carbocycles. The average molecular weight is 407 g/mol. The van der Waals surface area contributed by atoms with E-state index in [0.717, 1.165) is 23.1 Å². The van der Waals surface area contributed by atoms with E-state index in [1.807, 2.05) is 49.4 Å². The first-order chi connectivity index (χ1) is 12.8. The van der Waals surface area contributed by atoms with E-state index in [1.54, 1.807) is 30.8 Å². The molecule has 0 radical (unpaired) electrons. The molecule has 0 fully saturated rings. The van der Waals surface area contributed by atoms with Crippen molar-refractivity contribution in [3.05, 3.63) is 60.2 Å². The van der Waals surface area contributed by atoms with Crippen molar-refractivity contribution in [1.29, 1.82) is 0 Å². The molecule has 27 heavy (non-hydrogen) atoms. The molecule has 0 saturated heterocycles. The van der Waals surface area contributed by atoms with Crippen LogP contribution in [0.2, 0.25) is 0 Å². The molecule has 0 spiro atoms. The van der Waals surface area contributed by atoms with Crippen LogP contribution in [0.1, 0.15) is 19.4 Å². The second-order valence-corrected chi connectivity index (χ2v) is 9.24. The second kappa shape index (κ2) is 9.80. The predicted molar refractivity (Wildman–Crippen MR) is 113 cm³/mol. The lowest BCUT2D eigenvalue weighted by atomic mass is 10.1. The predicted octanol–water partition coefficient (Wildman–Crippen LogP) is 3.31. The van der Waals surface area contributed by atoms with E-state index < -0.39 is 16.1 Å². The lowest BCUT2D eigenvalue weighted by Crippen LogP contribution is -2.48. The van der Waals surface area contributed by atoms with Crippen LogP contribution in [-0.4, -0.2) is 38.9 Å². The largest absolute Gasteiger partial charge is 0.353 e. The van der Waals surface area contributed by atoms with Crippen LogP contribution in [0.5, 0.6) is 0 Å². The molecule has 0 unspecified atom stereocenters. The number of amides is 1. The molecule has 5 nitrogen and oxygen atoms in total. The molecule has 2 aromatic carbocycles. The van der Waals surface area contributed by atoms with E-state index in [9.17, 15) is 13.2 Å². The minimum absolute atomic E-state index is 0.311.